The first-order valence-corrected chi connectivity index (χ1v) is 8.59. The van der Waals surface area contributed by atoms with Crippen LogP contribution in [-0.4, -0.2) is 50.1 Å². The molecule has 24 heavy (non-hydrogen) atoms. The summed E-state index contributed by atoms with van der Waals surface area (Å²) in [5.41, 5.74) is 1.36. The number of nitrogens with zero attached hydrogens (tertiary/aromatic N) is 2. The Hall–Kier alpha value is -1.08. The van der Waals surface area contributed by atoms with Gasteiger partial charge in [0.2, 0.25) is 0 Å². The van der Waals surface area contributed by atoms with E-state index >= 15 is 0 Å². The van der Waals surface area contributed by atoms with Crippen LogP contribution in [0.3, 0.4) is 0 Å². The molecule has 0 radical (unpaired) electrons. The third-order valence-electron chi connectivity index (χ3n) is 4.20. The van der Waals surface area contributed by atoms with Crippen LogP contribution in [0.2, 0.25) is 0 Å². The normalized spacial score (nSPS) is 16.1. The number of nitrogens with one attached hydrogen (secondary N) is 2. The van der Waals surface area contributed by atoms with E-state index in [2.05, 4.69) is 79.0 Å². The number of hydrogen-bond acceptors (Lipinski definition) is 2. The van der Waals surface area contributed by atoms with E-state index in [0.717, 1.165) is 38.3 Å². The Labute approximate surface area is 163 Å². The lowest BCUT2D eigenvalue weighted by atomic mass is 10.1. The quantitative estimate of drug-likeness (QED) is 0.295. The first kappa shape index (κ1) is 21.0. The molecule has 0 saturated carbocycles. The molecule has 1 atom stereocenters. The van der Waals surface area contributed by atoms with E-state index in [1.807, 2.05) is 0 Å². The van der Waals surface area contributed by atoms with Gasteiger partial charge in [0, 0.05) is 18.6 Å². The molecule has 0 amide bonds. The van der Waals surface area contributed by atoms with Gasteiger partial charge in [0.25, 0.3) is 0 Å². The van der Waals surface area contributed by atoms with Gasteiger partial charge in [-0.25, -0.2) is 0 Å². The number of likely N-dealkylation sites (N-methyl/N-ethyl adjacent to an activating group) is 1. The van der Waals surface area contributed by atoms with Crippen molar-refractivity contribution >= 4 is 29.9 Å². The van der Waals surface area contributed by atoms with Gasteiger partial charge >= 0.3 is 0 Å². The van der Waals surface area contributed by atoms with Crippen molar-refractivity contribution in [3.8, 4) is 0 Å². The summed E-state index contributed by atoms with van der Waals surface area (Å²) in [6.45, 7) is 3.78. The van der Waals surface area contributed by atoms with Gasteiger partial charge in [0.1, 0.15) is 0 Å². The molecule has 0 spiro atoms. The lowest BCUT2D eigenvalue weighted by Gasteiger charge is -2.24. The molecule has 0 aromatic heterocycles. The second kappa shape index (κ2) is 11.5. The lowest BCUT2D eigenvalue weighted by molar-refractivity contribution is 0.298. The molecule has 2 N–H and O–H groups in total. The number of aliphatic imine (C=N–C) groups is 1. The van der Waals surface area contributed by atoms with Crippen molar-refractivity contribution in [2.45, 2.75) is 38.3 Å². The van der Waals surface area contributed by atoms with Gasteiger partial charge in [0.15, 0.2) is 5.96 Å². The highest BCUT2D eigenvalue weighted by atomic mass is 127. The lowest BCUT2D eigenvalue weighted by Crippen LogP contribution is -2.43. The molecule has 0 aliphatic heterocycles. The molecule has 2 rings (SSSR count). The minimum absolute atomic E-state index is 0. The van der Waals surface area contributed by atoms with Crippen molar-refractivity contribution < 1.29 is 0 Å². The fraction of sp³-hybridized carbons (Fsp3) is 0.526. The highest BCUT2D eigenvalue weighted by Gasteiger charge is 2.14. The van der Waals surface area contributed by atoms with Crippen LogP contribution in [-0.2, 0) is 6.42 Å². The van der Waals surface area contributed by atoms with Crippen LogP contribution in [0.15, 0.2) is 47.5 Å². The summed E-state index contributed by atoms with van der Waals surface area (Å²) in [7, 11) is 4.26. The van der Waals surface area contributed by atoms with Gasteiger partial charge in [-0.3, -0.25) is 4.99 Å². The van der Waals surface area contributed by atoms with Crippen LogP contribution >= 0.6 is 24.0 Å². The first-order chi connectivity index (χ1) is 11.2. The zero-order valence-electron chi connectivity index (χ0n) is 15.0. The van der Waals surface area contributed by atoms with Crippen LogP contribution < -0.4 is 10.6 Å². The molecular formula is C19H31IN4. The zero-order valence-corrected chi connectivity index (χ0v) is 17.4. The molecule has 1 aromatic carbocycles. The summed E-state index contributed by atoms with van der Waals surface area (Å²) in [4.78, 5) is 7.08. The predicted molar refractivity (Wildman–Crippen MR) is 114 cm³/mol. The third-order valence-corrected chi connectivity index (χ3v) is 4.20. The molecule has 5 heteroatoms. The van der Waals surface area contributed by atoms with Crippen LogP contribution in [0.1, 0.15) is 25.3 Å². The fourth-order valence-electron chi connectivity index (χ4n) is 2.74. The van der Waals surface area contributed by atoms with Crippen molar-refractivity contribution in [3.05, 3.63) is 48.0 Å². The van der Waals surface area contributed by atoms with Gasteiger partial charge in [-0.1, -0.05) is 42.5 Å². The molecule has 1 aliphatic carbocycles. The second-order valence-electron chi connectivity index (χ2n) is 6.31. The molecule has 134 valence electrons. The van der Waals surface area contributed by atoms with E-state index < -0.39 is 0 Å². The maximum atomic E-state index is 4.82. The summed E-state index contributed by atoms with van der Waals surface area (Å²) in [6, 6.07) is 11.5. The number of hydrogen-bond donors (Lipinski definition) is 2. The molecule has 1 aromatic rings. The molecule has 0 saturated heterocycles. The van der Waals surface area contributed by atoms with Crippen molar-refractivity contribution in [2.24, 2.45) is 4.99 Å². The highest BCUT2D eigenvalue weighted by Crippen LogP contribution is 2.09. The minimum Gasteiger partial charge on any atom is -0.357 e. The van der Waals surface area contributed by atoms with E-state index in [9.17, 15) is 0 Å². The summed E-state index contributed by atoms with van der Waals surface area (Å²) in [5.74, 6) is 0.932. The molecule has 1 aliphatic rings. The van der Waals surface area contributed by atoms with Gasteiger partial charge in [-0.05, 0) is 45.8 Å². The van der Waals surface area contributed by atoms with Gasteiger partial charge < -0.3 is 15.5 Å². The predicted octanol–water partition coefficient (Wildman–Crippen LogP) is 3.05. The SMILES string of the molecule is CCNC(=NCC(Cc1ccccc1)N(C)C)NC1CC=CC1.I. The summed E-state index contributed by atoms with van der Waals surface area (Å²) >= 11 is 0. The van der Waals surface area contributed by atoms with Crippen LogP contribution in [0.25, 0.3) is 0 Å². The Morgan fingerprint density at radius 3 is 2.46 bits per heavy atom. The van der Waals surface area contributed by atoms with Crippen molar-refractivity contribution in [1.82, 2.24) is 15.5 Å². The Kier molecular flexibility index (Phi) is 10.0. The average molecular weight is 442 g/mol. The Morgan fingerprint density at radius 2 is 1.88 bits per heavy atom. The van der Waals surface area contributed by atoms with E-state index in [0.29, 0.717) is 12.1 Å². The Morgan fingerprint density at radius 1 is 1.21 bits per heavy atom. The van der Waals surface area contributed by atoms with Crippen molar-refractivity contribution in [3.63, 3.8) is 0 Å². The topological polar surface area (TPSA) is 39.7 Å². The molecule has 0 heterocycles. The zero-order chi connectivity index (χ0) is 16.5. The van der Waals surface area contributed by atoms with Crippen molar-refractivity contribution in [1.29, 1.82) is 0 Å². The summed E-state index contributed by atoms with van der Waals surface area (Å²) < 4.78 is 0. The second-order valence-corrected chi connectivity index (χ2v) is 6.31. The molecule has 0 bridgehead atoms. The van der Waals surface area contributed by atoms with E-state index in [-0.39, 0.29) is 24.0 Å². The average Bonchev–Trinajstić information content (AvgIpc) is 3.05. The maximum Gasteiger partial charge on any atom is 0.191 e. The Balaban J connectivity index is 0.00000288. The minimum atomic E-state index is 0. The van der Waals surface area contributed by atoms with Crippen molar-refractivity contribution in [2.75, 3.05) is 27.2 Å². The van der Waals surface area contributed by atoms with Gasteiger partial charge in [-0.2, -0.15) is 0 Å². The van der Waals surface area contributed by atoms with Gasteiger partial charge in [-0.15, -0.1) is 24.0 Å². The Bertz CT molecular complexity index is 505. The largest absolute Gasteiger partial charge is 0.357 e. The number of guanidine groups is 1. The molecule has 0 fully saturated rings. The number of benzene rings is 1. The smallest absolute Gasteiger partial charge is 0.191 e. The third kappa shape index (κ3) is 7.21. The van der Waals surface area contributed by atoms with Crippen LogP contribution in [0.5, 0.6) is 0 Å². The molecular weight excluding hydrogens is 411 g/mol. The summed E-state index contributed by atoms with van der Waals surface area (Å²) in [6.07, 6.45) is 7.66. The monoisotopic (exact) mass is 442 g/mol. The highest BCUT2D eigenvalue weighted by molar-refractivity contribution is 14.0. The number of rotatable bonds is 7. The van der Waals surface area contributed by atoms with Crippen LogP contribution in [0.4, 0.5) is 0 Å². The summed E-state index contributed by atoms with van der Waals surface area (Å²) in [5, 5.41) is 6.89. The standard InChI is InChI=1S/C19H30N4.HI/c1-4-20-19(22-17-12-8-9-13-17)21-15-18(23(2)3)14-16-10-6-5-7-11-16;/h5-11,17-18H,4,12-15H2,1-3H3,(H2,20,21,22);1H. The van der Waals surface area contributed by atoms with E-state index in [1.54, 1.807) is 0 Å². The maximum absolute atomic E-state index is 4.82. The van der Waals surface area contributed by atoms with Crippen LogP contribution in [0, 0.1) is 0 Å². The number of halogens is 1. The van der Waals surface area contributed by atoms with E-state index in [4.69, 9.17) is 4.99 Å². The molecule has 1 unspecified atom stereocenters. The van der Waals surface area contributed by atoms with Gasteiger partial charge in [0.05, 0.1) is 6.54 Å². The van der Waals surface area contributed by atoms with E-state index in [1.165, 1.54) is 5.56 Å². The first-order valence-electron chi connectivity index (χ1n) is 8.59. The fourth-order valence-corrected chi connectivity index (χ4v) is 2.74. The molecule has 4 nitrogen and oxygen atoms in total.